The molecule has 0 N–H and O–H groups in total. The Balaban J connectivity index is 2.10. The molecule has 17 heavy (non-hydrogen) atoms. The van der Waals surface area contributed by atoms with E-state index in [1.807, 2.05) is 12.1 Å². The van der Waals surface area contributed by atoms with Crippen molar-refractivity contribution in [2.24, 2.45) is 5.41 Å². The van der Waals surface area contributed by atoms with Gasteiger partial charge in [-0.2, -0.15) is 0 Å². The largest absolute Gasteiger partial charge is 0.207 e. The second-order valence-electron chi connectivity index (χ2n) is 5.19. The molecular formula is C15H20ClF. The number of halogens is 2. The summed E-state index contributed by atoms with van der Waals surface area (Å²) in [6.07, 6.45) is 6.71. The maximum atomic E-state index is 13.6. The van der Waals surface area contributed by atoms with E-state index in [1.54, 1.807) is 6.07 Å². The highest BCUT2D eigenvalue weighted by atomic mass is 35.5. The number of hydrogen-bond acceptors (Lipinski definition) is 0. The van der Waals surface area contributed by atoms with Crippen molar-refractivity contribution in [2.45, 2.75) is 50.8 Å². The smallest absolute Gasteiger partial charge is 0.126 e. The molecule has 0 amide bonds. The fourth-order valence-corrected chi connectivity index (χ4v) is 3.58. The number of alkyl halides is 1. The average Bonchev–Trinajstić information content (AvgIpc) is 2.82. The van der Waals surface area contributed by atoms with Crippen molar-refractivity contribution in [3.8, 4) is 0 Å². The van der Waals surface area contributed by atoms with Gasteiger partial charge in [0, 0.05) is 5.38 Å². The van der Waals surface area contributed by atoms with Crippen LogP contribution in [0.1, 0.15) is 44.6 Å². The van der Waals surface area contributed by atoms with Crippen molar-refractivity contribution in [2.75, 3.05) is 0 Å². The fraction of sp³-hybridized carbons (Fsp3) is 0.600. The summed E-state index contributed by atoms with van der Waals surface area (Å²) in [4.78, 5) is 0. The van der Waals surface area contributed by atoms with Crippen LogP contribution in [-0.2, 0) is 6.42 Å². The van der Waals surface area contributed by atoms with Crippen LogP contribution in [0.3, 0.4) is 0 Å². The molecule has 1 aliphatic carbocycles. The highest BCUT2D eigenvalue weighted by Gasteiger charge is 2.38. The van der Waals surface area contributed by atoms with Crippen molar-refractivity contribution < 1.29 is 4.39 Å². The van der Waals surface area contributed by atoms with E-state index in [-0.39, 0.29) is 16.6 Å². The molecule has 1 atom stereocenters. The zero-order chi connectivity index (χ0) is 12.3. The fourth-order valence-electron chi connectivity index (χ4n) is 3.04. The molecule has 0 aromatic heterocycles. The minimum Gasteiger partial charge on any atom is -0.207 e. The summed E-state index contributed by atoms with van der Waals surface area (Å²) in [6.45, 7) is 2.21. The zero-order valence-corrected chi connectivity index (χ0v) is 11.1. The highest BCUT2D eigenvalue weighted by Crippen LogP contribution is 2.47. The Hall–Kier alpha value is -0.560. The van der Waals surface area contributed by atoms with Crippen LogP contribution in [0.4, 0.5) is 4.39 Å². The van der Waals surface area contributed by atoms with Crippen LogP contribution in [0.25, 0.3) is 0 Å². The maximum Gasteiger partial charge on any atom is 0.126 e. The average molecular weight is 255 g/mol. The second kappa shape index (κ2) is 5.39. The third-order valence-electron chi connectivity index (χ3n) is 4.32. The summed E-state index contributed by atoms with van der Waals surface area (Å²) >= 11 is 6.58. The van der Waals surface area contributed by atoms with E-state index >= 15 is 0 Å². The van der Waals surface area contributed by atoms with Crippen molar-refractivity contribution >= 4 is 11.6 Å². The van der Waals surface area contributed by atoms with Gasteiger partial charge < -0.3 is 0 Å². The molecule has 0 nitrogen and oxygen atoms in total. The van der Waals surface area contributed by atoms with Crippen LogP contribution >= 0.6 is 11.6 Å². The van der Waals surface area contributed by atoms with Gasteiger partial charge >= 0.3 is 0 Å². The first-order valence-corrected chi connectivity index (χ1v) is 6.99. The predicted octanol–water partition coefficient (Wildman–Crippen LogP) is 4.95. The van der Waals surface area contributed by atoms with Gasteiger partial charge in [0.1, 0.15) is 5.82 Å². The molecular weight excluding hydrogens is 235 g/mol. The molecule has 1 unspecified atom stereocenters. The van der Waals surface area contributed by atoms with Crippen LogP contribution in [0, 0.1) is 11.2 Å². The summed E-state index contributed by atoms with van der Waals surface area (Å²) in [6, 6.07) is 6.98. The minimum atomic E-state index is -0.123. The van der Waals surface area contributed by atoms with E-state index in [1.165, 1.54) is 31.7 Å². The molecule has 1 aromatic carbocycles. The van der Waals surface area contributed by atoms with E-state index in [2.05, 4.69) is 6.92 Å². The Morgan fingerprint density at radius 2 is 1.94 bits per heavy atom. The van der Waals surface area contributed by atoms with Crippen molar-refractivity contribution in [3.05, 3.63) is 35.6 Å². The summed E-state index contributed by atoms with van der Waals surface area (Å²) in [7, 11) is 0. The minimum absolute atomic E-state index is 0.0619. The molecule has 94 valence electrons. The number of rotatable bonds is 4. The first-order chi connectivity index (χ1) is 8.18. The molecule has 0 aliphatic heterocycles. The molecule has 2 heteroatoms. The van der Waals surface area contributed by atoms with Crippen LogP contribution in [0.15, 0.2) is 24.3 Å². The Kier molecular flexibility index (Phi) is 4.09. The van der Waals surface area contributed by atoms with Crippen molar-refractivity contribution in [1.82, 2.24) is 0 Å². The molecule has 1 fully saturated rings. The Morgan fingerprint density at radius 1 is 1.29 bits per heavy atom. The molecule has 1 aromatic rings. The first-order valence-electron chi connectivity index (χ1n) is 6.55. The number of hydrogen-bond donors (Lipinski definition) is 0. The summed E-state index contributed by atoms with van der Waals surface area (Å²) in [5.74, 6) is -0.123. The molecule has 0 bridgehead atoms. The van der Waals surface area contributed by atoms with Gasteiger partial charge in [-0.1, -0.05) is 38.0 Å². The van der Waals surface area contributed by atoms with Gasteiger partial charge in [-0.25, -0.2) is 4.39 Å². The topological polar surface area (TPSA) is 0 Å². The van der Waals surface area contributed by atoms with E-state index in [9.17, 15) is 4.39 Å². The van der Waals surface area contributed by atoms with Crippen LogP contribution in [0.5, 0.6) is 0 Å². The summed E-state index contributed by atoms with van der Waals surface area (Å²) in [5.41, 5.74) is 0.997. The summed E-state index contributed by atoms with van der Waals surface area (Å²) < 4.78 is 13.6. The van der Waals surface area contributed by atoms with Crippen LogP contribution in [0.2, 0.25) is 0 Å². The van der Waals surface area contributed by atoms with Gasteiger partial charge in [-0.05, 0) is 42.7 Å². The van der Waals surface area contributed by atoms with Crippen LogP contribution in [-0.4, -0.2) is 5.38 Å². The lowest BCUT2D eigenvalue weighted by Gasteiger charge is -2.33. The Bertz CT molecular complexity index is 369. The van der Waals surface area contributed by atoms with Crippen molar-refractivity contribution in [1.29, 1.82) is 0 Å². The third kappa shape index (κ3) is 2.65. The lowest BCUT2D eigenvalue weighted by atomic mass is 9.78. The van der Waals surface area contributed by atoms with E-state index in [0.717, 1.165) is 12.0 Å². The highest BCUT2D eigenvalue weighted by molar-refractivity contribution is 6.21. The van der Waals surface area contributed by atoms with Gasteiger partial charge in [0.25, 0.3) is 0 Å². The molecule has 0 saturated heterocycles. The van der Waals surface area contributed by atoms with E-state index in [0.29, 0.717) is 6.42 Å². The van der Waals surface area contributed by atoms with Gasteiger partial charge in [-0.3, -0.25) is 0 Å². The molecule has 2 rings (SSSR count). The van der Waals surface area contributed by atoms with Crippen molar-refractivity contribution in [3.63, 3.8) is 0 Å². The quantitative estimate of drug-likeness (QED) is 0.667. The van der Waals surface area contributed by atoms with E-state index < -0.39 is 0 Å². The molecule has 1 aliphatic rings. The van der Waals surface area contributed by atoms with Gasteiger partial charge in [0.15, 0.2) is 0 Å². The summed E-state index contributed by atoms with van der Waals surface area (Å²) in [5, 5.41) is 0.0619. The molecule has 0 radical (unpaired) electrons. The molecule has 1 saturated carbocycles. The molecule has 0 spiro atoms. The normalized spacial score (nSPS) is 20.4. The predicted molar refractivity (Wildman–Crippen MR) is 70.9 cm³/mol. The van der Waals surface area contributed by atoms with Gasteiger partial charge in [0.05, 0.1) is 0 Å². The lowest BCUT2D eigenvalue weighted by molar-refractivity contribution is 0.266. The van der Waals surface area contributed by atoms with E-state index in [4.69, 9.17) is 11.6 Å². The monoisotopic (exact) mass is 254 g/mol. The second-order valence-corrected chi connectivity index (χ2v) is 5.71. The Morgan fingerprint density at radius 3 is 2.53 bits per heavy atom. The van der Waals surface area contributed by atoms with Gasteiger partial charge in [-0.15, -0.1) is 11.6 Å². The lowest BCUT2D eigenvalue weighted by Crippen LogP contribution is -2.29. The van der Waals surface area contributed by atoms with Crippen LogP contribution < -0.4 is 0 Å². The molecule has 0 heterocycles. The Labute approximate surface area is 108 Å². The van der Waals surface area contributed by atoms with Gasteiger partial charge in [0.2, 0.25) is 0 Å². The zero-order valence-electron chi connectivity index (χ0n) is 10.4. The SMILES string of the molecule is CCC1(C(Cl)Cc2ccccc2F)CCCC1. The first kappa shape index (κ1) is 12.9. The maximum absolute atomic E-state index is 13.6. The third-order valence-corrected chi connectivity index (χ3v) is 4.94. The number of benzene rings is 1. The standard InChI is InChI=1S/C15H20ClF/c1-2-15(9-5-6-10-15)14(16)11-12-7-3-4-8-13(12)17/h3-4,7-8,14H,2,5-6,9-11H2,1H3.